The van der Waals surface area contributed by atoms with Crippen molar-refractivity contribution in [3.8, 4) is 17.1 Å². The molecule has 2 aromatic rings. The monoisotopic (exact) mass is 357 g/mol. The summed E-state index contributed by atoms with van der Waals surface area (Å²) in [6.07, 6.45) is 5.36. The molecule has 1 aliphatic rings. The number of piperidine rings is 1. The number of amides is 1. The van der Waals surface area contributed by atoms with Gasteiger partial charge in [0.1, 0.15) is 5.75 Å². The van der Waals surface area contributed by atoms with Crippen molar-refractivity contribution in [2.75, 3.05) is 13.2 Å². The highest BCUT2D eigenvalue weighted by atomic mass is 16.5. The van der Waals surface area contributed by atoms with Gasteiger partial charge in [0.2, 0.25) is 17.6 Å². The van der Waals surface area contributed by atoms with Crippen LogP contribution in [0.2, 0.25) is 0 Å². The Labute approximate surface area is 154 Å². The summed E-state index contributed by atoms with van der Waals surface area (Å²) >= 11 is 0. The first kappa shape index (κ1) is 18.4. The number of hydrogen-bond donors (Lipinski definition) is 0. The summed E-state index contributed by atoms with van der Waals surface area (Å²) < 4.78 is 10.8. The molecule has 6 heteroatoms. The van der Waals surface area contributed by atoms with E-state index in [0.29, 0.717) is 37.2 Å². The summed E-state index contributed by atoms with van der Waals surface area (Å²) in [5, 5.41) is 4.03. The van der Waals surface area contributed by atoms with Gasteiger partial charge in [-0.05, 0) is 56.9 Å². The van der Waals surface area contributed by atoms with Crippen LogP contribution in [0.25, 0.3) is 11.4 Å². The number of hydrogen-bond acceptors (Lipinski definition) is 5. The minimum absolute atomic E-state index is 0.192. The lowest BCUT2D eigenvalue weighted by molar-refractivity contribution is -0.135. The third-order valence-electron chi connectivity index (χ3n) is 4.86. The number of rotatable bonds is 7. The van der Waals surface area contributed by atoms with Gasteiger partial charge in [-0.25, -0.2) is 0 Å². The van der Waals surface area contributed by atoms with Gasteiger partial charge in [-0.2, -0.15) is 4.98 Å². The van der Waals surface area contributed by atoms with Crippen molar-refractivity contribution in [3.05, 3.63) is 30.2 Å². The van der Waals surface area contributed by atoms with Crippen molar-refractivity contribution in [3.63, 3.8) is 0 Å². The lowest BCUT2D eigenvalue weighted by Gasteiger charge is -2.35. The smallest absolute Gasteiger partial charge is 0.227 e. The molecule has 1 aromatic carbocycles. The zero-order valence-electron chi connectivity index (χ0n) is 15.6. The molecule has 0 saturated carbocycles. The second kappa shape index (κ2) is 8.83. The third-order valence-corrected chi connectivity index (χ3v) is 4.86. The van der Waals surface area contributed by atoms with E-state index in [0.717, 1.165) is 37.1 Å². The van der Waals surface area contributed by atoms with Crippen LogP contribution in [0.4, 0.5) is 0 Å². The van der Waals surface area contributed by atoms with Gasteiger partial charge in [0.25, 0.3) is 0 Å². The summed E-state index contributed by atoms with van der Waals surface area (Å²) in [4.78, 5) is 19.0. The SMILES string of the molecule is CCOc1ccc(-c2noc(CCC(=O)N3CCCCC3CC)n2)cc1. The minimum Gasteiger partial charge on any atom is -0.494 e. The average Bonchev–Trinajstić information content (AvgIpc) is 3.16. The first-order chi connectivity index (χ1) is 12.7. The van der Waals surface area contributed by atoms with Crippen LogP contribution < -0.4 is 4.74 Å². The molecular formula is C20H27N3O3. The van der Waals surface area contributed by atoms with E-state index in [1.54, 1.807) is 0 Å². The topological polar surface area (TPSA) is 68.5 Å². The molecule has 1 aliphatic heterocycles. The molecule has 6 nitrogen and oxygen atoms in total. The largest absolute Gasteiger partial charge is 0.494 e. The molecule has 1 saturated heterocycles. The van der Waals surface area contributed by atoms with Crippen LogP contribution in [0.3, 0.4) is 0 Å². The number of benzene rings is 1. The Morgan fingerprint density at radius 3 is 2.81 bits per heavy atom. The molecule has 0 bridgehead atoms. The first-order valence-electron chi connectivity index (χ1n) is 9.56. The predicted octanol–water partition coefficient (Wildman–Crippen LogP) is 3.86. The molecule has 1 unspecified atom stereocenters. The van der Waals surface area contributed by atoms with Crippen LogP contribution in [0.1, 0.15) is 51.8 Å². The molecule has 3 rings (SSSR count). The average molecular weight is 357 g/mol. The number of aromatic nitrogens is 2. The van der Waals surface area contributed by atoms with Gasteiger partial charge in [0.15, 0.2) is 0 Å². The molecule has 1 amide bonds. The zero-order valence-corrected chi connectivity index (χ0v) is 15.6. The summed E-state index contributed by atoms with van der Waals surface area (Å²) in [6.45, 7) is 5.61. The number of carbonyl (C=O) groups excluding carboxylic acids is 1. The standard InChI is InChI=1S/C20H27N3O3/c1-3-16-7-5-6-14-23(16)19(24)13-12-18-21-20(22-26-18)15-8-10-17(11-9-15)25-4-2/h8-11,16H,3-7,12-14H2,1-2H3. The van der Waals surface area contributed by atoms with Crippen LogP contribution in [0, 0.1) is 0 Å². The maximum Gasteiger partial charge on any atom is 0.227 e. The Balaban J connectivity index is 1.57. The predicted molar refractivity (Wildman–Crippen MR) is 98.9 cm³/mol. The normalized spacial score (nSPS) is 17.3. The molecule has 2 heterocycles. The molecular weight excluding hydrogens is 330 g/mol. The molecule has 0 aliphatic carbocycles. The van der Waals surface area contributed by atoms with E-state index in [1.807, 2.05) is 36.1 Å². The van der Waals surface area contributed by atoms with Gasteiger partial charge in [0.05, 0.1) is 6.61 Å². The van der Waals surface area contributed by atoms with Crippen LogP contribution in [-0.2, 0) is 11.2 Å². The summed E-state index contributed by atoms with van der Waals surface area (Å²) in [5.74, 6) is 2.06. The molecule has 0 radical (unpaired) electrons. The summed E-state index contributed by atoms with van der Waals surface area (Å²) in [5.41, 5.74) is 0.872. The Morgan fingerprint density at radius 1 is 1.27 bits per heavy atom. The Hall–Kier alpha value is -2.37. The highest BCUT2D eigenvalue weighted by Gasteiger charge is 2.25. The maximum absolute atomic E-state index is 12.5. The first-order valence-corrected chi connectivity index (χ1v) is 9.56. The molecule has 1 atom stereocenters. The fourth-order valence-electron chi connectivity index (χ4n) is 3.45. The van der Waals surface area contributed by atoms with Crippen molar-refractivity contribution in [1.82, 2.24) is 15.0 Å². The fraction of sp³-hybridized carbons (Fsp3) is 0.550. The number of ether oxygens (including phenoxy) is 1. The molecule has 1 aromatic heterocycles. The number of aryl methyl sites for hydroxylation is 1. The Bertz CT molecular complexity index is 711. The van der Waals surface area contributed by atoms with Gasteiger partial charge < -0.3 is 14.2 Å². The molecule has 1 fully saturated rings. The highest BCUT2D eigenvalue weighted by Crippen LogP contribution is 2.22. The van der Waals surface area contributed by atoms with Gasteiger partial charge in [-0.3, -0.25) is 4.79 Å². The molecule has 0 N–H and O–H groups in total. The van der Waals surface area contributed by atoms with Gasteiger partial charge in [-0.15, -0.1) is 0 Å². The fourth-order valence-corrected chi connectivity index (χ4v) is 3.45. The number of likely N-dealkylation sites (tertiary alicyclic amines) is 1. The summed E-state index contributed by atoms with van der Waals surface area (Å²) in [6, 6.07) is 7.98. The van der Waals surface area contributed by atoms with E-state index in [1.165, 1.54) is 6.42 Å². The van der Waals surface area contributed by atoms with E-state index in [-0.39, 0.29) is 5.91 Å². The minimum atomic E-state index is 0.192. The lowest BCUT2D eigenvalue weighted by Crippen LogP contribution is -2.43. The van der Waals surface area contributed by atoms with Crippen molar-refractivity contribution >= 4 is 5.91 Å². The van der Waals surface area contributed by atoms with E-state index in [4.69, 9.17) is 9.26 Å². The van der Waals surface area contributed by atoms with E-state index >= 15 is 0 Å². The van der Waals surface area contributed by atoms with E-state index in [9.17, 15) is 4.79 Å². The van der Waals surface area contributed by atoms with Crippen molar-refractivity contribution in [2.45, 2.75) is 58.4 Å². The van der Waals surface area contributed by atoms with Crippen molar-refractivity contribution in [1.29, 1.82) is 0 Å². The van der Waals surface area contributed by atoms with Gasteiger partial charge in [0, 0.05) is 31.0 Å². The highest BCUT2D eigenvalue weighted by molar-refractivity contribution is 5.76. The van der Waals surface area contributed by atoms with Crippen molar-refractivity contribution in [2.24, 2.45) is 0 Å². The number of carbonyl (C=O) groups is 1. The number of nitrogens with zero attached hydrogens (tertiary/aromatic N) is 3. The second-order valence-corrected chi connectivity index (χ2v) is 6.61. The van der Waals surface area contributed by atoms with Crippen molar-refractivity contribution < 1.29 is 14.1 Å². The van der Waals surface area contributed by atoms with Gasteiger partial charge >= 0.3 is 0 Å². The van der Waals surface area contributed by atoms with E-state index in [2.05, 4.69) is 17.1 Å². The Morgan fingerprint density at radius 2 is 2.08 bits per heavy atom. The zero-order chi connectivity index (χ0) is 18.4. The van der Waals surface area contributed by atoms with Crippen LogP contribution in [-0.4, -0.2) is 40.1 Å². The molecule has 0 spiro atoms. The quantitative estimate of drug-likeness (QED) is 0.753. The van der Waals surface area contributed by atoms with E-state index < -0.39 is 0 Å². The molecule has 140 valence electrons. The van der Waals surface area contributed by atoms with Crippen LogP contribution >= 0.6 is 0 Å². The second-order valence-electron chi connectivity index (χ2n) is 6.61. The lowest BCUT2D eigenvalue weighted by atomic mass is 9.99. The van der Waals surface area contributed by atoms with Gasteiger partial charge in [-0.1, -0.05) is 12.1 Å². The molecule has 26 heavy (non-hydrogen) atoms. The third kappa shape index (κ3) is 4.42. The Kier molecular flexibility index (Phi) is 6.26. The maximum atomic E-state index is 12.5. The van der Waals surface area contributed by atoms with Crippen LogP contribution in [0.5, 0.6) is 5.75 Å². The van der Waals surface area contributed by atoms with Crippen LogP contribution in [0.15, 0.2) is 28.8 Å². The summed E-state index contributed by atoms with van der Waals surface area (Å²) in [7, 11) is 0.